The first-order valence-electron chi connectivity index (χ1n) is 8.46. The molecule has 0 atom stereocenters. The zero-order valence-electron chi connectivity index (χ0n) is 13.6. The Balaban J connectivity index is 1.76. The second kappa shape index (κ2) is 5.13. The average molecular weight is 317 g/mol. The third-order valence-corrected chi connectivity index (χ3v) is 5.19. The first kappa shape index (κ1) is 13.7. The molecule has 0 saturated heterocycles. The summed E-state index contributed by atoms with van der Waals surface area (Å²) in [5.74, 6) is 0.893. The van der Waals surface area contributed by atoms with Gasteiger partial charge in [0.2, 0.25) is 0 Å². The van der Waals surface area contributed by atoms with E-state index >= 15 is 0 Å². The number of nitrogens with one attached hydrogen (secondary N) is 1. The van der Waals surface area contributed by atoms with E-state index in [1.54, 1.807) is 7.11 Å². The monoisotopic (exact) mass is 317 g/mol. The van der Waals surface area contributed by atoms with Gasteiger partial charge in [-0.2, -0.15) is 0 Å². The minimum absolute atomic E-state index is 0.622. The number of ether oxygens (including phenoxy) is 1. The van der Waals surface area contributed by atoms with Gasteiger partial charge in [-0.1, -0.05) is 0 Å². The van der Waals surface area contributed by atoms with E-state index in [1.165, 1.54) is 35.7 Å². The Morgan fingerprint density at radius 1 is 1.21 bits per heavy atom. The molecule has 1 aliphatic rings. The minimum Gasteiger partial charge on any atom is -0.497 e. The highest BCUT2D eigenvalue weighted by Crippen LogP contribution is 2.40. The van der Waals surface area contributed by atoms with Crippen LogP contribution in [0.25, 0.3) is 33.2 Å². The molecule has 1 saturated carbocycles. The summed E-state index contributed by atoms with van der Waals surface area (Å²) in [4.78, 5) is 7.89. The van der Waals surface area contributed by atoms with Gasteiger partial charge in [-0.15, -0.1) is 0 Å². The number of methoxy groups -OCH3 is 1. The van der Waals surface area contributed by atoms with Crippen LogP contribution in [-0.2, 0) is 0 Å². The van der Waals surface area contributed by atoms with Crippen molar-refractivity contribution in [2.45, 2.75) is 25.3 Å². The molecule has 1 aliphatic carbocycles. The third kappa shape index (κ3) is 1.96. The molecule has 120 valence electrons. The first-order valence-corrected chi connectivity index (χ1v) is 8.46. The van der Waals surface area contributed by atoms with Gasteiger partial charge in [0.25, 0.3) is 0 Å². The van der Waals surface area contributed by atoms with Gasteiger partial charge in [0.1, 0.15) is 11.4 Å². The zero-order valence-corrected chi connectivity index (χ0v) is 13.6. The maximum absolute atomic E-state index is 5.45. The molecule has 0 bridgehead atoms. The highest BCUT2D eigenvalue weighted by molar-refractivity contribution is 5.98. The number of rotatable bonds is 3. The van der Waals surface area contributed by atoms with Crippen LogP contribution < -0.4 is 4.74 Å². The van der Waals surface area contributed by atoms with E-state index in [1.807, 2.05) is 18.3 Å². The van der Waals surface area contributed by atoms with Crippen molar-refractivity contribution in [3.05, 3.63) is 48.8 Å². The molecule has 3 heterocycles. The summed E-state index contributed by atoms with van der Waals surface area (Å²) >= 11 is 0. The molecule has 0 radical (unpaired) electrons. The van der Waals surface area contributed by atoms with E-state index in [4.69, 9.17) is 4.74 Å². The molecule has 1 fully saturated rings. The van der Waals surface area contributed by atoms with Crippen molar-refractivity contribution in [1.29, 1.82) is 0 Å². The van der Waals surface area contributed by atoms with Crippen LogP contribution in [0.5, 0.6) is 5.75 Å². The number of aromatic amines is 1. The second-order valence-electron chi connectivity index (χ2n) is 6.54. The Hall–Kier alpha value is -2.75. The molecule has 24 heavy (non-hydrogen) atoms. The first-order chi connectivity index (χ1) is 11.8. The van der Waals surface area contributed by atoms with E-state index in [9.17, 15) is 0 Å². The van der Waals surface area contributed by atoms with Gasteiger partial charge in [-0.05, 0) is 55.7 Å². The third-order valence-electron chi connectivity index (χ3n) is 5.19. The van der Waals surface area contributed by atoms with Crippen LogP contribution in [0.15, 0.2) is 48.8 Å². The van der Waals surface area contributed by atoms with E-state index in [-0.39, 0.29) is 0 Å². The standard InChI is InChI=1S/C20H19N3O/c1-24-15-7-8-19-16(11-15)17(12-23(19)14-5-2-6-14)18-10-13-4-3-9-21-20(13)22-18/h3-4,7-12,14H,2,5-6H2,1H3,(H,21,22). The molecule has 0 unspecified atom stereocenters. The number of nitrogens with zero attached hydrogens (tertiary/aromatic N) is 2. The Labute approximate surface area is 140 Å². The van der Waals surface area contributed by atoms with Crippen LogP contribution in [0.3, 0.4) is 0 Å². The topological polar surface area (TPSA) is 42.8 Å². The largest absolute Gasteiger partial charge is 0.497 e. The summed E-state index contributed by atoms with van der Waals surface area (Å²) in [6, 6.07) is 13.2. The van der Waals surface area contributed by atoms with Gasteiger partial charge >= 0.3 is 0 Å². The van der Waals surface area contributed by atoms with E-state index in [0.717, 1.165) is 22.5 Å². The summed E-state index contributed by atoms with van der Waals surface area (Å²) in [7, 11) is 1.72. The SMILES string of the molecule is COc1ccc2c(c1)c(-c1cc3cccnc3[nH]1)cn2C1CCC1. The van der Waals surface area contributed by atoms with Crippen molar-refractivity contribution in [2.75, 3.05) is 7.11 Å². The van der Waals surface area contributed by atoms with Gasteiger partial charge in [-0.25, -0.2) is 4.98 Å². The van der Waals surface area contributed by atoms with Crippen LogP contribution in [-0.4, -0.2) is 21.6 Å². The predicted molar refractivity (Wildman–Crippen MR) is 96.5 cm³/mol. The molecular weight excluding hydrogens is 298 g/mol. The highest BCUT2D eigenvalue weighted by atomic mass is 16.5. The average Bonchev–Trinajstić information content (AvgIpc) is 3.14. The Bertz CT molecular complexity index is 1010. The Kier molecular flexibility index (Phi) is 2.92. The fourth-order valence-corrected chi connectivity index (χ4v) is 3.65. The quantitative estimate of drug-likeness (QED) is 0.583. The van der Waals surface area contributed by atoms with Crippen LogP contribution in [0.4, 0.5) is 0 Å². The molecule has 0 amide bonds. The molecule has 5 rings (SSSR count). The summed E-state index contributed by atoms with van der Waals surface area (Å²) in [6.45, 7) is 0. The van der Waals surface area contributed by atoms with Gasteiger partial charge in [0.05, 0.1) is 7.11 Å². The molecule has 3 aromatic heterocycles. The summed E-state index contributed by atoms with van der Waals surface area (Å²) in [5, 5.41) is 2.37. The smallest absolute Gasteiger partial charge is 0.137 e. The molecule has 4 aromatic rings. The summed E-state index contributed by atoms with van der Waals surface area (Å²) < 4.78 is 7.89. The van der Waals surface area contributed by atoms with E-state index in [0.29, 0.717) is 6.04 Å². The summed E-state index contributed by atoms with van der Waals surface area (Å²) in [6.07, 6.45) is 7.97. The number of benzene rings is 1. The van der Waals surface area contributed by atoms with Gasteiger partial charge in [-0.3, -0.25) is 0 Å². The molecule has 4 nitrogen and oxygen atoms in total. The molecular formula is C20H19N3O. The molecule has 0 spiro atoms. The van der Waals surface area contributed by atoms with Crippen LogP contribution in [0.1, 0.15) is 25.3 Å². The number of hydrogen-bond donors (Lipinski definition) is 1. The van der Waals surface area contributed by atoms with Crippen LogP contribution in [0, 0.1) is 0 Å². The van der Waals surface area contributed by atoms with Crippen LogP contribution >= 0.6 is 0 Å². The lowest BCUT2D eigenvalue weighted by Crippen LogP contribution is -2.15. The number of pyridine rings is 1. The number of aromatic nitrogens is 3. The summed E-state index contributed by atoms with van der Waals surface area (Å²) in [5.41, 5.74) is 4.54. The fraction of sp³-hybridized carbons (Fsp3) is 0.250. The van der Waals surface area contributed by atoms with E-state index in [2.05, 4.69) is 45.0 Å². The molecule has 4 heteroatoms. The number of hydrogen-bond acceptors (Lipinski definition) is 2. The van der Waals surface area contributed by atoms with Crippen molar-refractivity contribution in [1.82, 2.24) is 14.5 Å². The zero-order chi connectivity index (χ0) is 16.1. The second-order valence-corrected chi connectivity index (χ2v) is 6.54. The van der Waals surface area contributed by atoms with Crippen molar-refractivity contribution in [2.24, 2.45) is 0 Å². The number of H-pyrrole nitrogens is 1. The molecule has 1 N–H and O–H groups in total. The normalized spacial score (nSPS) is 15.0. The van der Waals surface area contributed by atoms with Crippen LogP contribution in [0.2, 0.25) is 0 Å². The lowest BCUT2D eigenvalue weighted by atomic mass is 9.93. The minimum atomic E-state index is 0.622. The maximum atomic E-state index is 5.45. The lowest BCUT2D eigenvalue weighted by Gasteiger charge is -2.28. The van der Waals surface area contributed by atoms with Gasteiger partial charge in [0, 0.05) is 46.0 Å². The lowest BCUT2D eigenvalue weighted by molar-refractivity contribution is 0.322. The van der Waals surface area contributed by atoms with Gasteiger partial charge < -0.3 is 14.3 Å². The van der Waals surface area contributed by atoms with Crippen molar-refractivity contribution >= 4 is 21.9 Å². The molecule has 1 aromatic carbocycles. The predicted octanol–water partition coefficient (Wildman–Crippen LogP) is 4.92. The highest BCUT2D eigenvalue weighted by Gasteiger charge is 2.23. The van der Waals surface area contributed by atoms with Crippen molar-refractivity contribution < 1.29 is 4.74 Å². The van der Waals surface area contributed by atoms with E-state index < -0.39 is 0 Å². The fourth-order valence-electron chi connectivity index (χ4n) is 3.65. The molecule has 0 aliphatic heterocycles. The number of fused-ring (bicyclic) bond motifs is 2. The Morgan fingerprint density at radius 2 is 2.12 bits per heavy atom. The maximum Gasteiger partial charge on any atom is 0.137 e. The van der Waals surface area contributed by atoms with Crippen molar-refractivity contribution in [3.63, 3.8) is 0 Å². The Morgan fingerprint density at radius 3 is 2.88 bits per heavy atom. The van der Waals surface area contributed by atoms with Gasteiger partial charge in [0.15, 0.2) is 0 Å². The van der Waals surface area contributed by atoms with Crippen molar-refractivity contribution in [3.8, 4) is 17.0 Å².